The Hall–Kier alpha value is -0.306. The van der Waals surface area contributed by atoms with E-state index in [1.54, 1.807) is 0 Å². The summed E-state index contributed by atoms with van der Waals surface area (Å²) in [5.74, 6) is 3.24. The van der Waals surface area contributed by atoms with Gasteiger partial charge in [-0.25, -0.2) is 0 Å². The van der Waals surface area contributed by atoms with Gasteiger partial charge in [-0.15, -0.1) is 12.1 Å². The Morgan fingerprint density at radius 3 is 1.94 bits per heavy atom. The van der Waals surface area contributed by atoms with Crippen LogP contribution in [0.25, 0.3) is 0 Å². The van der Waals surface area contributed by atoms with Crippen molar-refractivity contribution in [2.75, 3.05) is 6.61 Å². The molecule has 0 aromatic carbocycles. The lowest BCUT2D eigenvalue weighted by Crippen LogP contribution is -2.44. The van der Waals surface area contributed by atoms with E-state index in [-0.39, 0.29) is 0 Å². The second-order valence-electron chi connectivity index (χ2n) is 6.60. The summed E-state index contributed by atoms with van der Waals surface area (Å²) < 4.78 is 6.30. The van der Waals surface area contributed by atoms with Crippen molar-refractivity contribution in [3.63, 3.8) is 0 Å². The average Bonchev–Trinajstić information content (AvgIpc) is 2.20. The van der Waals surface area contributed by atoms with Gasteiger partial charge in [-0.05, 0) is 17.1 Å². The minimum absolute atomic E-state index is 0.598. The molecule has 1 nitrogen and oxygen atoms in total. The molecular weight excluding hydrogens is 252 g/mol. The molecule has 0 aromatic heterocycles. The summed E-state index contributed by atoms with van der Waals surface area (Å²) in [5.41, 5.74) is 4.58. The minimum atomic E-state index is -1.75. The summed E-state index contributed by atoms with van der Waals surface area (Å²) in [4.78, 5) is 0. The van der Waals surface area contributed by atoms with Crippen LogP contribution in [0.2, 0.25) is 36.8 Å². The molecule has 104 valence electrons. The Morgan fingerprint density at radius 1 is 1.11 bits per heavy atom. The second-order valence-corrected chi connectivity index (χ2v) is 16.3. The van der Waals surface area contributed by atoms with Gasteiger partial charge in [-0.2, -0.15) is 0 Å². The fraction of sp³-hybridized carbons (Fsp3) is 0.733. The fourth-order valence-corrected chi connectivity index (χ4v) is 6.68. The summed E-state index contributed by atoms with van der Waals surface area (Å²) >= 11 is 0. The maximum absolute atomic E-state index is 6.30. The molecule has 0 unspecified atom stereocenters. The van der Waals surface area contributed by atoms with Gasteiger partial charge in [-0.1, -0.05) is 59.3 Å². The van der Waals surface area contributed by atoms with Crippen molar-refractivity contribution in [2.24, 2.45) is 0 Å². The van der Waals surface area contributed by atoms with Gasteiger partial charge >= 0.3 is 0 Å². The van der Waals surface area contributed by atoms with Crippen LogP contribution in [0.3, 0.4) is 0 Å². The number of hydrogen-bond acceptors (Lipinski definition) is 1. The first kappa shape index (κ1) is 17.7. The molecule has 0 radical (unpaired) electrons. The molecule has 0 atom stereocenters. The van der Waals surface area contributed by atoms with E-state index < -0.39 is 16.4 Å². The third-order valence-corrected chi connectivity index (χ3v) is 9.74. The molecule has 0 heterocycles. The minimum Gasteiger partial charge on any atom is -0.405 e. The maximum atomic E-state index is 6.30. The van der Waals surface area contributed by atoms with Gasteiger partial charge in [-0.3, -0.25) is 0 Å². The molecule has 0 saturated carbocycles. The van der Waals surface area contributed by atoms with Crippen LogP contribution in [0.5, 0.6) is 0 Å². The zero-order valence-corrected chi connectivity index (χ0v) is 15.3. The molecule has 0 bridgehead atoms. The van der Waals surface area contributed by atoms with Gasteiger partial charge in [0.25, 0.3) is 0 Å². The lowest BCUT2D eigenvalue weighted by molar-refractivity contribution is 0.334. The van der Waals surface area contributed by atoms with Crippen LogP contribution < -0.4 is 0 Å². The van der Waals surface area contributed by atoms with Crippen molar-refractivity contribution in [3.05, 3.63) is 12.7 Å². The Bertz CT molecular complexity index is 308. The summed E-state index contributed by atoms with van der Waals surface area (Å²) in [7, 11) is -3.02. The quantitative estimate of drug-likeness (QED) is 0.385. The molecule has 0 amide bonds. The van der Waals surface area contributed by atoms with Crippen molar-refractivity contribution in [1.29, 1.82) is 0 Å². The molecule has 3 heteroatoms. The third kappa shape index (κ3) is 5.56. The predicted octanol–water partition coefficient (Wildman–Crippen LogP) is 4.84. The van der Waals surface area contributed by atoms with Crippen molar-refractivity contribution in [3.8, 4) is 11.5 Å². The van der Waals surface area contributed by atoms with Gasteiger partial charge in [0.2, 0.25) is 8.32 Å². The van der Waals surface area contributed by atoms with Gasteiger partial charge in [0.15, 0.2) is 0 Å². The molecule has 0 saturated heterocycles. The highest BCUT2D eigenvalue weighted by Gasteiger charge is 2.40. The van der Waals surface area contributed by atoms with E-state index in [9.17, 15) is 0 Å². The predicted molar refractivity (Wildman–Crippen MR) is 88.0 cm³/mol. The van der Waals surface area contributed by atoms with E-state index in [1.807, 2.05) is 6.08 Å². The Balaban J connectivity index is 4.79. The van der Waals surface area contributed by atoms with Gasteiger partial charge in [0.1, 0.15) is 8.07 Å². The SMILES string of the molecule is C=CC[Si](OCC#C[Si](C)(C)C)(C(C)C)C(C)C. The van der Waals surface area contributed by atoms with Gasteiger partial charge < -0.3 is 4.43 Å². The van der Waals surface area contributed by atoms with Crippen molar-refractivity contribution in [2.45, 2.75) is 64.5 Å². The first-order chi connectivity index (χ1) is 8.15. The topological polar surface area (TPSA) is 9.23 Å². The Kier molecular flexibility index (Phi) is 7.20. The van der Waals surface area contributed by atoms with E-state index in [2.05, 4.69) is 65.4 Å². The standard InChI is InChI=1S/C15H30OSi2/c1-9-12-18(14(2)3,15(4)5)16-11-10-13-17(6,7)8/h9,14-15H,1,11-12H2,2-8H3. The largest absolute Gasteiger partial charge is 0.405 e. The van der Waals surface area contributed by atoms with Crippen LogP contribution in [0.1, 0.15) is 27.7 Å². The lowest BCUT2D eigenvalue weighted by atomic mass is 10.5. The lowest BCUT2D eigenvalue weighted by Gasteiger charge is -2.37. The second kappa shape index (κ2) is 7.32. The summed E-state index contributed by atoms with van der Waals surface area (Å²) in [6.45, 7) is 20.4. The normalized spacial score (nSPS) is 12.5. The van der Waals surface area contributed by atoms with Crippen LogP contribution in [-0.2, 0) is 4.43 Å². The molecule has 0 rings (SSSR count). The first-order valence-corrected chi connectivity index (χ1v) is 12.7. The van der Waals surface area contributed by atoms with Crippen molar-refractivity contribution in [1.82, 2.24) is 0 Å². The third-order valence-electron chi connectivity index (χ3n) is 3.29. The van der Waals surface area contributed by atoms with Crippen LogP contribution in [0.4, 0.5) is 0 Å². The fourth-order valence-electron chi connectivity index (χ4n) is 2.23. The van der Waals surface area contributed by atoms with Gasteiger partial charge in [0, 0.05) is 0 Å². The highest BCUT2D eigenvalue weighted by Crippen LogP contribution is 2.36. The van der Waals surface area contributed by atoms with Crippen molar-refractivity contribution >= 4 is 16.4 Å². The average molecular weight is 283 g/mol. The van der Waals surface area contributed by atoms with Gasteiger partial charge in [0.05, 0.1) is 6.61 Å². The molecule has 0 N–H and O–H groups in total. The van der Waals surface area contributed by atoms with Crippen LogP contribution in [0, 0.1) is 11.5 Å². The zero-order chi connectivity index (χ0) is 14.4. The Morgan fingerprint density at radius 2 is 1.61 bits per heavy atom. The first-order valence-electron chi connectivity index (χ1n) is 6.90. The monoisotopic (exact) mass is 282 g/mol. The molecule has 0 aliphatic carbocycles. The highest BCUT2D eigenvalue weighted by atomic mass is 28.4. The van der Waals surface area contributed by atoms with Crippen LogP contribution in [-0.4, -0.2) is 23.0 Å². The summed E-state index contributed by atoms with van der Waals surface area (Å²) in [6.07, 6.45) is 2.03. The van der Waals surface area contributed by atoms with Crippen LogP contribution >= 0.6 is 0 Å². The zero-order valence-electron chi connectivity index (χ0n) is 13.3. The molecule has 0 fully saturated rings. The van der Waals surface area contributed by atoms with E-state index in [1.165, 1.54) is 0 Å². The van der Waals surface area contributed by atoms with Crippen molar-refractivity contribution < 1.29 is 4.43 Å². The molecular formula is C15H30OSi2. The number of allylic oxidation sites excluding steroid dienone is 1. The molecule has 0 aliphatic rings. The Labute approximate surface area is 116 Å². The smallest absolute Gasteiger partial charge is 0.202 e. The number of rotatable bonds is 6. The van der Waals surface area contributed by atoms with E-state index in [0.717, 1.165) is 6.04 Å². The van der Waals surface area contributed by atoms with E-state index in [0.29, 0.717) is 17.7 Å². The summed E-state index contributed by atoms with van der Waals surface area (Å²) in [6, 6.07) is 1.02. The molecule has 18 heavy (non-hydrogen) atoms. The van der Waals surface area contributed by atoms with E-state index in [4.69, 9.17) is 4.43 Å². The summed E-state index contributed by atoms with van der Waals surface area (Å²) in [5, 5.41) is 0. The molecule has 0 spiro atoms. The highest BCUT2D eigenvalue weighted by molar-refractivity contribution is 6.83. The molecule has 0 aliphatic heterocycles. The number of hydrogen-bond donors (Lipinski definition) is 0. The van der Waals surface area contributed by atoms with E-state index >= 15 is 0 Å². The van der Waals surface area contributed by atoms with Crippen LogP contribution in [0.15, 0.2) is 12.7 Å². The molecule has 0 aromatic rings. The maximum Gasteiger partial charge on any atom is 0.202 e.